The standard InChI is InChI=1S/C19H18Cl2F3N3O2/c1-9(2)5-16(18(28)27-26-15-4-3-10(20)6-12(15)21)25-19(29)17-13(23)7-11(22)8-14(17)24/h3-4,6-9,16,26H,5H2,1-2H3,(H,25,29)(H,27,28). The molecule has 0 aliphatic carbocycles. The fraction of sp³-hybridized carbons (Fsp3) is 0.263. The third kappa shape index (κ3) is 6.27. The Kier molecular flexibility index (Phi) is 7.75. The second-order valence-electron chi connectivity index (χ2n) is 6.64. The number of halogens is 5. The molecular weight excluding hydrogens is 430 g/mol. The van der Waals surface area contributed by atoms with E-state index >= 15 is 0 Å². The van der Waals surface area contributed by atoms with Crippen molar-refractivity contribution >= 4 is 40.7 Å². The molecule has 2 amide bonds. The van der Waals surface area contributed by atoms with Crippen LogP contribution in [0.25, 0.3) is 0 Å². The van der Waals surface area contributed by atoms with Gasteiger partial charge in [-0.3, -0.25) is 20.4 Å². The summed E-state index contributed by atoms with van der Waals surface area (Å²) >= 11 is 11.8. The molecule has 10 heteroatoms. The van der Waals surface area contributed by atoms with Crippen molar-refractivity contribution in [2.75, 3.05) is 5.43 Å². The molecule has 2 rings (SSSR count). The van der Waals surface area contributed by atoms with Gasteiger partial charge in [0.1, 0.15) is 29.1 Å². The molecule has 156 valence electrons. The van der Waals surface area contributed by atoms with Crippen molar-refractivity contribution in [2.45, 2.75) is 26.3 Å². The normalized spacial score (nSPS) is 11.9. The quantitative estimate of drug-likeness (QED) is 0.538. The minimum atomic E-state index is -1.37. The van der Waals surface area contributed by atoms with E-state index in [1.54, 1.807) is 19.9 Å². The lowest BCUT2D eigenvalue weighted by molar-refractivity contribution is -0.122. The molecule has 0 saturated carbocycles. The average Bonchev–Trinajstić information content (AvgIpc) is 2.58. The Morgan fingerprint density at radius 2 is 1.66 bits per heavy atom. The fourth-order valence-electron chi connectivity index (χ4n) is 2.50. The van der Waals surface area contributed by atoms with Crippen LogP contribution in [0.15, 0.2) is 30.3 Å². The molecule has 0 radical (unpaired) electrons. The lowest BCUT2D eigenvalue weighted by Crippen LogP contribution is -2.49. The molecule has 1 unspecified atom stereocenters. The summed E-state index contributed by atoms with van der Waals surface area (Å²) in [5.41, 5.74) is 4.36. The molecule has 2 aromatic rings. The van der Waals surface area contributed by atoms with E-state index in [0.29, 0.717) is 22.8 Å². The monoisotopic (exact) mass is 447 g/mol. The van der Waals surface area contributed by atoms with E-state index < -0.39 is 40.9 Å². The van der Waals surface area contributed by atoms with E-state index in [0.717, 1.165) is 0 Å². The number of hydrogen-bond donors (Lipinski definition) is 3. The Morgan fingerprint density at radius 1 is 1.03 bits per heavy atom. The highest BCUT2D eigenvalue weighted by molar-refractivity contribution is 6.36. The second kappa shape index (κ2) is 9.84. The molecule has 29 heavy (non-hydrogen) atoms. The Hall–Kier alpha value is -2.45. The lowest BCUT2D eigenvalue weighted by Gasteiger charge is -2.21. The van der Waals surface area contributed by atoms with E-state index in [1.807, 2.05) is 0 Å². The van der Waals surface area contributed by atoms with E-state index in [-0.39, 0.29) is 17.4 Å². The Bertz CT molecular complexity index is 903. The van der Waals surface area contributed by atoms with Crippen LogP contribution in [-0.4, -0.2) is 17.9 Å². The number of nitrogens with one attached hydrogen (secondary N) is 3. The number of carbonyl (C=O) groups is 2. The number of benzene rings is 2. The molecule has 0 saturated heterocycles. The van der Waals surface area contributed by atoms with Crippen molar-refractivity contribution < 1.29 is 22.8 Å². The molecule has 5 nitrogen and oxygen atoms in total. The van der Waals surface area contributed by atoms with Gasteiger partial charge in [-0.1, -0.05) is 37.0 Å². The highest BCUT2D eigenvalue weighted by Crippen LogP contribution is 2.24. The van der Waals surface area contributed by atoms with Gasteiger partial charge in [0.2, 0.25) is 0 Å². The maximum atomic E-state index is 13.8. The minimum absolute atomic E-state index is 0.0342. The van der Waals surface area contributed by atoms with Gasteiger partial charge in [-0.15, -0.1) is 0 Å². The topological polar surface area (TPSA) is 70.2 Å². The summed E-state index contributed by atoms with van der Waals surface area (Å²) in [6, 6.07) is 4.20. The number of hydrogen-bond acceptors (Lipinski definition) is 3. The molecule has 0 fully saturated rings. The maximum Gasteiger partial charge on any atom is 0.260 e. The average molecular weight is 448 g/mol. The van der Waals surface area contributed by atoms with Gasteiger partial charge in [-0.25, -0.2) is 13.2 Å². The Labute approximate surface area is 175 Å². The van der Waals surface area contributed by atoms with Gasteiger partial charge in [0.25, 0.3) is 11.8 Å². The molecular formula is C19H18Cl2F3N3O2. The number of carbonyl (C=O) groups excluding carboxylic acids is 2. The first-order valence-corrected chi connectivity index (χ1v) is 9.30. The summed E-state index contributed by atoms with van der Waals surface area (Å²) in [6.45, 7) is 3.60. The maximum absolute atomic E-state index is 13.8. The van der Waals surface area contributed by atoms with Crippen LogP contribution in [0.1, 0.15) is 30.6 Å². The fourth-order valence-corrected chi connectivity index (χ4v) is 2.96. The first-order chi connectivity index (χ1) is 13.6. The van der Waals surface area contributed by atoms with Crippen LogP contribution in [-0.2, 0) is 4.79 Å². The second-order valence-corrected chi connectivity index (χ2v) is 7.48. The molecule has 0 heterocycles. The molecule has 0 bridgehead atoms. The van der Waals surface area contributed by atoms with E-state index in [2.05, 4.69) is 16.2 Å². The van der Waals surface area contributed by atoms with Crippen LogP contribution < -0.4 is 16.2 Å². The van der Waals surface area contributed by atoms with Crippen molar-refractivity contribution in [1.82, 2.24) is 10.7 Å². The van der Waals surface area contributed by atoms with Gasteiger partial charge in [0.05, 0.1) is 10.7 Å². The number of anilines is 1. The van der Waals surface area contributed by atoms with Crippen LogP contribution in [0.4, 0.5) is 18.9 Å². The zero-order valence-electron chi connectivity index (χ0n) is 15.5. The van der Waals surface area contributed by atoms with Crippen molar-refractivity contribution in [3.05, 3.63) is 63.4 Å². The third-order valence-electron chi connectivity index (χ3n) is 3.81. The molecule has 0 spiro atoms. The van der Waals surface area contributed by atoms with Crippen LogP contribution in [0.2, 0.25) is 10.0 Å². The van der Waals surface area contributed by atoms with E-state index in [9.17, 15) is 22.8 Å². The predicted molar refractivity (Wildman–Crippen MR) is 105 cm³/mol. The zero-order chi connectivity index (χ0) is 21.7. The van der Waals surface area contributed by atoms with Gasteiger partial charge in [-0.05, 0) is 30.5 Å². The SMILES string of the molecule is CC(C)CC(NC(=O)c1c(F)cc(F)cc1F)C(=O)NNc1ccc(Cl)cc1Cl. The van der Waals surface area contributed by atoms with Crippen LogP contribution in [0.3, 0.4) is 0 Å². The lowest BCUT2D eigenvalue weighted by atomic mass is 10.0. The first kappa shape index (κ1) is 22.8. The molecule has 0 aliphatic rings. The van der Waals surface area contributed by atoms with Gasteiger partial charge >= 0.3 is 0 Å². The smallest absolute Gasteiger partial charge is 0.260 e. The number of rotatable bonds is 7. The molecule has 1 atom stereocenters. The predicted octanol–water partition coefficient (Wildman–Crippen LogP) is 4.70. The van der Waals surface area contributed by atoms with Gasteiger partial charge in [0, 0.05) is 17.2 Å². The van der Waals surface area contributed by atoms with Crippen LogP contribution in [0, 0.1) is 23.4 Å². The summed E-state index contributed by atoms with van der Waals surface area (Å²) in [5.74, 6) is -5.76. The van der Waals surface area contributed by atoms with E-state index in [4.69, 9.17) is 23.2 Å². The van der Waals surface area contributed by atoms with Crippen LogP contribution >= 0.6 is 23.2 Å². The molecule has 3 N–H and O–H groups in total. The summed E-state index contributed by atoms with van der Waals surface area (Å²) < 4.78 is 40.7. The third-order valence-corrected chi connectivity index (χ3v) is 4.36. The first-order valence-electron chi connectivity index (χ1n) is 8.54. The highest BCUT2D eigenvalue weighted by atomic mass is 35.5. The molecule has 2 aromatic carbocycles. The van der Waals surface area contributed by atoms with E-state index in [1.165, 1.54) is 12.1 Å². The zero-order valence-corrected chi connectivity index (χ0v) is 17.0. The Morgan fingerprint density at radius 3 is 2.21 bits per heavy atom. The summed E-state index contributed by atoms with van der Waals surface area (Å²) in [6.07, 6.45) is 0.179. The number of amides is 2. The van der Waals surface area contributed by atoms with Crippen molar-refractivity contribution in [2.24, 2.45) is 5.92 Å². The van der Waals surface area contributed by atoms with Crippen LogP contribution in [0.5, 0.6) is 0 Å². The van der Waals surface area contributed by atoms with Gasteiger partial charge in [-0.2, -0.15) is 0 Å². The summed E-state index contributed by atoms with van der Waals surface area (Å²) in [4.78, 5) is 24.8. The van der Waals surface area contributed by atoms with Gasteiger partial charge in [0.15, 0.2) is 0 Å². The molecule has 0 aromatic heterocycles. The van der Waals surface area contributed by atoms with Gasteiger partial charge < -0.3 is 5.32 Å². The Balaban J connectivity index is 2.14. The number of hydrazine groups is 1. The summed E-state index contributed by atoms with van der Waals surface area (Å²) in [7, 11) is 0. The van der Waals surface area contributed by atoms with Crippen molar-refractivity contribution in [1.29, 1.82) is 0 Å². The summed E-state index contributed by atoms with van der Waals surface area (Å²) in [5, 5.41) is 2.93. The molecule has 0 aliphatic heterocycles. The van der Waals surface area contributed by atoms with Crippen molar-refractivity contribution in [3.63, 3.8) is 0 Å². The minimum Gasteiger partial charge on any atom is -0.340 e. The highest BCUT2D eigenvalue weighted by Gasteiger charge is 2.26. The van der Waals surface area contributed by atoms with Crippen molar-refractivity contribution in [3.8, 4) is 0 Å². The largest absolute Gasteiger partial charge is 0.340 e.